The van der Waals surface area contributed by atoms with Crippen LogP contribution >= 0.6 is 0 Å². The maximum absolute atomic E-state index is 12.8. The van der Waals surface area contributed by atoms with Crippen molar-refractivity contribution < 1.29 is 17.7 Å². The Morgan fingerprint density at radius 3 is 2.76 bits per heavy atom. The molecule has 134 valence electrons. The highest BCUT2D eigenvalue weighted by molar-refractivity contribution is 7.88. The quantitative estimate of drug-likeness (QED) is 0.824. The van der Waals surface area contributed by atoms with E-state index in [2.05, 4.69) is 5.16 Å². The summed E-state index contributed by atoms with van der Waals surface area (Å²) < 4.78 is 32.3. The summed E-state index contributed by atoms with van der Waals surface area (Å²) in [6, 6.07) is 7.25. The third-order valence-electron chi connectivity index (χ3n) is 4.86. The van der Waals surface area contributed by atoms with Gasteiger partial charge in [-0.1, -0.05) is 17.3 Å². The van der Waals surface area contributed by atoms with Crippen molar-refractivity contribution in [3.8, 4) is 0 Å². The lowest BCUT2D eigenvalue weighted by Crippen LogP contribution is -2.38. The first-order valence-corrected chi connectivity index (χ1v) is 10.3. The highest BCUT2D eigenvalue weighted by Gasteiger charge is 2.35. The van der Waals surface area contributed by atoms with Gasteiger partial charge in [-0.2, -0.15) is 4.31 Å². The zero-order chi connectivity index (χ0) is 17.4. The fourth-order valence-electron chi connectivity index (χ4n) is 3.29. The molecule has 0 atom stereocenters. The van der Waals surface area contributed by atoms with Gasteiger partial charge in [0.25, 0.3) is 0 Å². The summed E-state index contributed by atoms with van der Waals surface area (Å²) in [7, 11) is -3.50. The predicted octanol–water partition coefficient (Wildman–Crippen LogP) is 1.60. The summed E-state index contributed by atoms with van der Waals surface area (Å²) in [6.45, 7) is 1.88. The summed E-state index contributed by atoms with van der Waals surface area (Å²) in [4.78, 5) is 14.0. The van der Waals surface area contributed by atoms with Crippen molar-refractivity contribution in [3.05, 3.63) is 30.0 Å². The van der Waals surface area contributed by atoms with Gasteiger partial charge in [0, 0.05) is 37.5 Å². The molecule has 7 nitrogen and oxygen atoms in total. The summed E-state index contributed by atoms with van der Waals surface area (Å²) in [6.07, 6.45) is 2.60. The molecule has 0 unspecified atom stereocenters. The van der Waals surface area contributed by atoms with Gasteiger partial charge in [0.1, 0.15) is 11.4 Å². The third-order valence-corrected chi connectivity index (χ3v) is 6.65. The number of fused-ring (bicyclic) bond motifs is 1. The number of para-hydroxylation sites is 1. The normalized spacial score (nSPS) is 19.9. The van der Waals surface area contributed by atoms with Crippen LogP contribution in [0.5, 0.6) is 0 Å². The Bertz CT molecular complexity index is 888. The SMILES string of the molecule is O=C(C1CC1)N1CCCN(S(=O)(=O)Cc2noc3ccccc23)CC1. The maximum atomic E-state index is 12.8. The van der Waals surface area contributed by atoms with Crippen LogP contribution in [0.3, 0.4) is 0 Å². The molecule has 0 N–H and O–H groups in total. The van der Waals surface area contributed by atoms with E-state index in [9.17, 15) is 13.2 Å². The fourth-order valence-corrected chi connectivity index (χ4v) is 4.79. The van der Waals surface area contributed by atoms with E-state index in [-0.39, 0.29) is 17.6 Å². The highest BCUT2D eigenvalue weighted by Crippen LogP contribution is 2.31. The second kappa shape index (κ2) is 6.42. The van der Waals surface area contributed by atoms with Gasteiger partial charge >= 0.3 is 0 Å². The Morgan fingerprint density at radius 2 is 1.96 bits per heavy atom. The van der Waals surface area contributed by atoms with Crippen molar-refractivity contribution >= 4 is 26.9 Å². The highest BCUT2D eigenvalue weighted by atomic mass is 32.2. The van der Waals surface area contributed by atoms with E-state index in [1.54, 1.807) is 6.07 Å². The largest absolute Gasteiger partial charge is 0.356 e. The van der Waals surface area contributed by atoms with Crippen LogP contribution in [-0.2, 0) is 20.6 Å². The number of hydrogen-bond donors (Lipinski definition) is 0. The molecule has 1 aromatic carbocycles. The molecule has 0 radical (unpaired) electrons. The Balaban J connectivity index is 1.47. The zero-order valence-corrected chi connectivity index (χ0v) is 14.7. The Kier molecular flexibility index (Phi) is 4.24. The van der Waals surface area contributed by atoms with Gasteiger partial charge in [-0.15, -0.1) is 0 Å². The van der Waals surface area contributed by atoms with E-state index in [0.29, 0.717) is 43.9 Å². The van der Waals surface area contributed by atoms with Crippen molar-refractivity contribution in [1.29, 1.82) is 0 Å². The summed E-state index contributed by atoms with van der Waals surface area (Å²) >= 11 is 0. The number of benzene rings is 1. The van der Waals surface area contributed by atoms with Gasteiger partial charge in [-0.05, 0) is 31.4 Å². The second-order valence-corrected chi connectivity index (χ2v) is 8.70. The topological polar surface area (TPSA) is 83.7 Å². The average molecular weight is 363 g/mol. The molecule has 2 aliphatic rings. The summed E-state index contributed by atoms with van der Waals surface area (Å²) in [5.41, 5.74) is 1.02. The van der Waals surface area contributed by atoms with Crippen LogP contribution in [-0.4, -0.2) is 54.9 Å². The van der Waals surface area contributed by atoms with Crippen molar-refractivity contribution in [2.45, 2.75) is 25.0 Å². The van der Waals surface area contributed by atoms with Gasteiger partial charge in [0.15, 0.2) is 5.58 Å². The van der Waals surface area contributed by atoms with Crippen LogP contribution < -0.4 is 0 Å². The van der Waals surface area contributed by atoms with Crippen LogP contribution in [0, 0.1) is 5.92 Å². The Labute approximate surface area is 146 Å². The standard InChI is InChI=1S/C17H21N3O4S/c21-17(13-6-7-13)19-8-3-9-20(11-10-19)25(22,23)12-15-14-4-1-2-5-16(14)24-18-15/h1-2,4-5,13H,3,6-12H2. The number of nitrogens with zero attached hydrogens (tertiary/aromatic N) is 3. The third kappa shape index (κ3) is 3.41. The van der Waals surface area contributed by atoms with Gasteiger partial charge in [0.05, 0.1) is 0 Å². The fraction of sp³-hybridized carbons (Fsp3) is 0.529. The molecule has 1 aliphatic heterocycles. The number of carbonyl (C=O) groups excluding carboxylic acids is 1. The molecule has 2 aromatic rings. The molecular weight excluding hydrogens is 342 g/mol. The van der Waals surface area contributed by atoms with Crippen LogP contribution in [0.4, 0.5) is 0 Å². The molecule has 4 rings (SSSR count). The van der Waals surface area contributed by atoms with E-state index < -0.39 is 10.0 Å². The minimum absolute atomic E-state index is 0.171. The molecule has 0 bridgehead atoms. The lowest BCUT2D eigenvalue weighted by atomic mass is 10.2. The van der Waals surface area contributed by atoms with E-state index >= 15 is 0 Å². The first-order chi connectivity index (χ1) is 12.0. The molecule has 2 heterocycles. The van der Waals surface area contributed by atoms with Crippen molar-refractivity contribution in [2.24, 2.45) is 5.92 Å². The molecule has 1 saturated carbocycles. The minimum atomic E-state index is -3.50. The van der Waals surface area contributed by atoms with Gasteiger partial charge in [-0.3, -0.25) is 4.79 Å². The van der Waals surface area contributed by atoms with E-state index in [1.165, 1.54) is 4.31 Å². The monoisotopic (exact) mass is 363 g/mol. The molecule has 0 spiro atoms. The summed E-state index contributed by atoms with van der Waals surface area (Å²) in [5, 5.41) is 4.66. The second-order valence-electron chi connectivity index (χ2n) is 6.73. The van der Waals surface area contributed by atoms with Crippen LogP contribution in [0.2, 0.25) is 0 Å². The van der Waals surface area contributed by atoms with Crippen molar-refractivity contribution in [3.63, 3.8) is 0 Å². The van der Waals surface area contributed by atoms with Crippen LogP contribution in [0.1, 0.15) is 25.0 Å². The van der Waals surface area contributed by atoms with E-state index in [4.69, 9.17) is 4.52 Å². The smallest absolute Gasteiger partial charge is 0.225 e. The molecule has 1 amide bonds. The Hall–Kier alpha value is -1.93. The molecule has 2 fully saturated rings. The average Bonchev–Trinajstić information content (AvgIpc) is 3.40. The molecular formula is C17H21N3O4S. The van der Waals surface area contributed by atoms with Gasteiger partial charge < -0.3 is 9.42 Å². The summed E-state index contributed by atoms with van der Waals surface area (Å²) in [5.74, 6) is 0.173. The van der Waals surface area contributed by atoms with Gasteiger partial charge in [-0.25, -0.2) is 8.42 Å². The zero-order valence-electron chi connectivity index (χ0n) is 13.9. The van der Waals surface area contributed by atoms with Crippen molar-refractivity contribution in [2.75, 3.05) is 26.2 Å². The number of amides is 1. The van der Waals surface area contributed by atoms with Crippen LogP contribution in [0.25, 0.3) is 11.0 Å². The number of hydrogen-bond acceptors (Lipinski definition) is 5. The first-order valence-electron chi connectivity index (χ1n) is 8.64. The lowest BCUT2D eigenvalue weighted by molar-refractivity contribution is -0.132. The molecule has 1 aliphatic carbocycles. The van der Waals surface area contributed by atoms with Crippen LogP contribution in [0.15, 0.2) is 28.8 Å². The number of aromatic nitrogens is 1. The van der Waals surface area contributed by atoms with E-state index in [1.807, 2.05) is 23.1 Å². The minimum Gasteiger partial charge on any atom is -0.356 e. The number of sulfonamides is 1. The van der Waals surface area contributed by atoms with Gasteiger partial charge in [0.2, 0.25) is 15.9 Å². The molecule has 1 aromatic heterocycles. The van der Waals surface area contributed by atoms with E-state index in [0.717, 1.165) is 18.2 Å². The lowest BCUT2D eigenvalue weighted by Gasteiger charge is -2.21. The predicted molar refractivity (Wildman–Crippen MR) is 92.1 cm³/mol. The Morgan fingerprint density at radius 1 is 1.16 bits per heavy atom. The molecule has 1 saturated heterocycles. The maximum Gasteiger partial charge on any atom is 0.225 e. The number of rotatable bonds is 4. The van der Waals surface area contributed by atoms with Crippen molar-refractivity contribution in [1.82, 2.24) is 14.4 Å². The molecule has 8 heteroatoms. The first kappa shape index (κ1) is 16.5. The molecule has 25 heavy (non-hydrogen) atoms. The number of carbonyl (C=O) groups is 1.